The first kappa shape index (κ1) is 99.9. The van der Waals surface area contributed by atoms with Crippen molar-refractivity contribution in [3.63, 3.8) is 0 Å². The summed E-state index contributed by atoms with van der Waals surface area (Å²) < 4.78 is 11.3. The van der Waals surface area contributed by atoms with Crippen molar-refractivity contribution in [3.05, 3.63) is 16.6 Å². The minimum atomic E-state index is -1.92. The molecule has 0 aromatic carbocycles. The number of carboxylic acid groups (broad SMARTS) is 3. The van der Waals surface area contributed by atoms with Crippen molar-refractivity contribution < 1.29 is 137 Å². The molecular formula is C68H111N19O28S. The number of nitrogens with zero attached hydrogens (tertiary/aromatic N) is 2. The Hall–Kier alpha value is -10.3. The number of ether oxygens (including phenoxy) is 2. The third kappa shape index (κ3) is 35.8. The molecule has 0 bridgehead atoms. The molecule has 15 amide bonds. The number of aromatic nitrogens is 1. The number of aliphatic hydroxyl groups is 5. The Bertz CT molecular complexity index is 3510. The number of nitrogens with two attached hydrogens (primary N) is 4. The van der Waals surface area contributed by atoms with Crippen LogP contribution >= 0.6 is 11.3 Å². The molecule has 2 saturated heterocycles. The quantitative estimate of drug-likeness (QED) is 0.0269. The lowest BCUT2D eigenvalue weighted by molar-refractivity contribution is -0.310. The largest absolute Gasteiger partial charge is 0.481 e. The van der Waals surface area contributed by atoms with Crippen LogP contribution in [-0.2, 0) is 102 Å². The van der Waals surface area contributed by atoms with Crippen LogP contribution in [0.5, 0.6) is 0 Å². The van der Waals surface area contributed by atoms with E-state index >= 15 is 0 Å². The van der Waals surface area contributed by atoms with Crippen LogP contribution in [0, 0.1) is 5.92 Å². The second kappa shape index (κ2) is 51.6. The summed E-state index contributed by atoms with van der Waals surface area (Å²) in [5.74, 6) is -19.3. The van der Waals surface area contributed by atoms with Gasteiger partial charge in [-0.15, -0.1) is 11.3 Å². The molecule has 0 spiro atoms. The monoisotopic (exact) mass is 1670 g/mol. The Morgan fingerprint density at radius 1 is 0.552 bits per heavy atom. The molecule has 2 aliphatic rings. The van der Waals surface area contributed by atoms with Crippen molar-refractivity contribution in [1.82, 2.24) is 79.0 Å². The van der Waals surface area contributed by atoms with Crippen molar-refractivity contribution in [1.29, 1.82) is 0 Å². The molecule has 0 unspecified atom stereocenters. The predicted molar refractivity (Wildman–Crippen MR) is 400 cm³/mol. The lowest BCUT2D eigenvalue weighted by Gasteiger charge is -2.40. The first-order valence-electron chi connectivity index (χ1n) is 37.4. The lowest BCUT2D eigenvalue weighted by Crippen LogP contribution is -2.60. The van der Waals surface area contributed by atoms with E-state index in [1.165, 1.54) is 17.8 Å². The minimum Gasteiger partial charge on any atom is -0.481 e. The van der Waals surface area contributed by atoms with Crippen LogP contribution in [0.25, 0.3) is 0 Å². The Morgan fingerprint density at radius 2 is 1.03 bits per heavy atom. The van der Waals surface area contributed by atoms with Gasteiger partial charge in [-0.2, -0.15) is 0 Å². The van der Waals surface area contributed by atoms with E-state index in [9.17, 15) is 127 Å². The molecule has 0 radical (unpaired) electrons. The van der Waals surface area contributed by atoms with Crippen LogP contribution in [0.1, 0.15) is 130 Å². The highest BCUT2D eigenvalue weighted by Crippen LogP contribution is 2.25. The molecule has 2 fully saturated rings. The number of primary amides is 1. The van der Waals surface area contributed by atoms with Gasteiger partial charge in [0.15, 0.2) is 12.3 Å². The van der Waals surface area contributed by atoms with Crippen LogP contribution in [0.3, 0.4) is 0 Å². The van der Waals surface area contributed by atoms with Gasteiger partial charge in [-0.1, -0.05) is 13.8 Å². The van der Waals surface area contributed by atoms with Gasteiger partial charge in [0.25, 0.3) is 0 Å². The summed E-state index contributed by atoms with van der Waals surface area (Å²) in [6, 6.07) is -15.5. The maximum Gasteiger partial charge on any atom is 0.328 e. The topological polar surface area (TPSA) is 764 Å². The zero-order chi connectivity index (χ0) is 87.1. The molecule has 0 aliphatic carbocycles. The van der Waals surface area contributed by atoms with Gasteiger partial charge in [-0.05, 0) is 103 Å². The van der Waals surface area contributed by atoms with E-state index in [0.717, 1.165) is 23.2 Å². The fourth-order valence-corrected chi connectivity index (χ4v) is 12.2. The zero-order valence-electron chi connectivity index (χ0n) is 64.6. The van der Waals surface area contributed by atoms with E-state index in [2.05, 4.69) is 68.8 Å². The van der Waals surface area contributed by atoms with E-state index in [1.807, 2.05) is 19.2 Å². The number of aliphatic hydroxyl groups excluding tert-OH is 5. The average molecular weight is 1670 g/mol. The Morgan fingerprint density at radius 3 is 1.53 bits per heavy atom. The number of carboxylic acids is 3. The molecular weight excluding hydrogens is 1560 g/mol. The van der Waals surface area contributed by atoms with E-state index in [0.29, 0.717) is 12.8 Å². The van der Waals surface area contributed by atoms with Gasteiger partial charge in [0.05, 0.1) is 62.7 Å². The highest BCUT2D eigenvalue weighted by Gasteiger charge is 2.45. The molecule has 17 atom stereocenters. The number of hydrogen-bond donors (Lipinski definition) is 25. The Labute approximate surface area is 669 Å². The number of nitrogens with one attached hydrogen (secondary N) is 13. The molecule has 1 aromatic rings. The minimum absolute atomic E-state index is 0.0290. The van der Waals surface area contributed by atoms with Crippen LogP contribution in [0.4, 0.5) is 0 Å². The van der Waals surface area contributed by atoms with Gasteiger partial charge in [0, 0.05) is 44.2 Å². The Balaban J connectivity index is 1.84. The third-order valence-electron chi connectivity index (χ3n) is 18.1. The second-order valence-electron chi connectivity index (χ2n) is 27.9. The van der Waals surface area contributed by atoms with Gasteiger partial charge in [-0.25, -0.2) is 9.78 Å². The molecule has 116 heavy (non-hydrogen) atoms. The highest BCUT2D eigenvalue weighted by molar-refractivity contribution is 7.07. The fraction of sp³-hybridized carbons (Fsp3) is 0.691. The second-order valence-corrected chi connectivity index (χ2v) is 28.6. The zero-order valence-corrected chi connectivity index (χ0v) is 65.4. The number of aliphatic carboxylic acids is 3. The number of thiazole rings is 1. The molecule has 48 heteroatoms. The molecule has 47 nitrogen and oxygen atoms in total. The highest BCUT2D eigenvalue weighted by atomic mass is 32.1. The fourth-order valence-electron chi connectivity index (χ4n) is 11.6. The lowest BCUT2D eigenvalue weighted by atomic mass is 9.99. The summed E-state index contributed by atoms with van der Waals surface area (Å²) in [7, 11) is 0. The molecule has 29 N–H and O–H groups in total. The maximum atomic E-state index is 14.4. The van der Waals surface area contributed by atoms with Crippen molar-refractivity contribution in [3.8, 4) is 0 Å². The van der Waals surface area contributed by atoms with Gasteiger partial charge in [-0.3, -0.25) is 81.5 Å². The smallest absolute Gasteiger partial charge is 0.328 e. The summed E-state index contributed by atoms with van der Waals surface area (Å²) >= 11 is 1.11. The van der Waals surface area contributed by atoms with E-state index in [4.69, 9.17) is 32.4 Å². The summed E-state index contributed by atoms with van der Waals surface area (Å²) in [6.07, 6.45) is -15.1. The standard InChI is InChI=1S/C68H111N19O28S/c1-32(2)10-12-40(79-47(91)24-71)62(107)78-33(3)58(103)73-25-50(94)82-43(22-35-30-116-31-77-35)65(110)84-38(13-11-36(23-70)114-68-57(102)56(101)55(100)45(29-88)115-68)60(105)75-27-48(92)80-41(15-18-52(96)97)63(108)83-39(14-17-46(72)90)61(106)76-28-51(95)87-21-7-9-44(87)66(111)85-37(8-5-6-20-69)59(104)74-26-49(93)81-42(16-19-53(98)99)64(109)86-54(34(4)89)67(112)113/h30-34,36-45,54-57,68,88-89,100-102H,5-29,69-71H2,1-4H3,(H2,72,90)(H,73,103)(H,74,104)(H,75,105)(H,76,106)(H,78,107)(H,79,91)(H,80,92)(H,81,93)(H,82,94)(H,83,108)(H,84,110)(H,85,111)(H,86,109)(H,96,97)(H,98,99)(H,112,113)/t33-,34+,36+,37-,38-,39-,40-,41-,42-,43-,44-,45+,54-,55-,56-,57+,68+/m0/s1. The number of hydrogen-bond acceptors (Lipinski definition) is 30. The normalized spacial score (nSPS) is 19.3. The first-order chi connectivity index (χ1) is 54.7. The molecule has 3 heterocycles. The van der Waals surface area contributed by atoms with E-state index in [1.54, 1.807) is 0 Å². The van der Waals surface area contributed by atoms with Gasteiger partial charge in [0.1, 0.15) is 78.8 Å². The number of carbonyl (C=O) groups excluding carboxylic acids is 15. The van der Waals surface area contributed by atoms with Crippen LogP contribution in [0.15, 0.2) is 10.9 Å². The van der Waals surface area contributed by atoms with E-state index in [-0.39, 0.29) is 69.6 Å². The van der Waals surface area contributed by atoms with Gasteiger partial charge >= 0.3 is 17.9 Å². The SMILES string of the molecule is CC(C)CC[C@H](NC(=O)CN)C(=O)N[C@@H](C)C(=O)NCC(=O)N[C@@H](Cc1cscn1)C(=O)N[C@@H](CC[C@H](CN)O[C@@H]1O[C@H](CO)[C@H](O)[C@H](O)[C@H]1O)C(=O)NCC(=O)N[C@@H](CCC(=O)O)C(=O)N[C@@H](CCC(N)=O)C(=O)NCC(=O)N1CCC[C@H]1C(=O)N[C@@H](CCCCN)C(=O)NCC(=O)N[C@@H](CCC(=O)O)C(=O)N[C@H](C(=O)O)[C@@H](C)O. The number of carbonyl (C=O) groups is 18. The van der Waals surface area contributed by atoms with Crippen molar-refractivity contribution in [2.75, 3.05) is 59.0 Å². The molecule has 652 valence electrons. The summed E-state index contributed by atoms with van der Waals surface area (Å²) in [5.41, 5.74) is 24.2. The van der Waals surface area contributed by atoms with Gasteiger partial charge in [0.2, 0.25) is 88.6 Å². The number of unbranched alkanes of at least 4 members (excludes halogenated alkanes) is 1. The van der Waals surface area contributed by atoms with Crippen LogP contribution in [0.2, 0.25) is 0 Å². The van der Waals surface area contributed by atoms with Crippen LogP contribution < -0.4 is 92.1 Å². The van der Waals surface area contributed by atoms with Gasteiger partial charge < -0.3 is 147 Å². The molecule has 1 aromatic heterocycles. The third-order valence-corrected chi connectivity index (χ3v) is 18.7. The average Bonchev–Trinajstić information content (AvgIpc) is 1.12. The van der Waals surface area contributed by atoms with Crippen molar-refractivity contribution >= 4 is 118 Å². The number of rotatable bonds is 54. The van der Waals surface area contributed by atoms with Crippen LogP contribution in [-0.4, -0.2) is 320 Å². The molecule has 0 saturated carbocycles. The van der Waals surface area contributed by atoms with Crippen molar-refractivity contribution in [2.24, 2.45) is 28.9 Å². The van der Waals surface area contributed by atoms with Crippen molar-refractivity contribution in [2.45, 2.75) is 234 Å². The molecule has 2 aliphatic heterocycles. The summed E-state index contributed by atoms with van der Waals surface area (Å²) in [5, 5.41) is 111. The predicted octanol–water partition coefficient (Wildman–Crippen LogP) is -11.6. The maximum absolute atomic E-state index is 14.4. The van der Waals surface area contributed by atoms with E-state index < -0.39 is 301 Å². The first-order valence-corrected chi connectivity index (χ1v) is 38.3. The summed E-state index contributed by atoms with van der Waals surface area (Å²) in [4.78, 5) is 242. The number of likely N-dealkylation sites (tertiary alicyclic amines) is 1. The summed E-state index contributed by atoms with van der Waals surface area (Å²) in [6.45, 7) is 1.01. The number of amides is 15. The molecule has 3 rings (SSSR count). The Kier molecular flexibility index (Phi) is 44.4.